The van der Waals surface area contributed by atoms with E-state index >= 15 is 0 Å². The summed E-state index contributed by atoms with van der Waals surface area (Å²) in [4.78, 5) is 3.89. The molecule has 2 aromatic carbocycles. The van der Waals surface area contributed by atoms with Gasteiger partial charge in [-0.3, -0.25) is 0 Å². The van der Waals surface area contributed by atoms with E-state index in [-0.39, 0.29) is 11.0 Å². The van der Waals surface area contributed by atoms with Crippen LogP contribution in [0.25, 0.3) is 4.85 Å². The summed E-state index contributed by atoms with van der Waals surface area (Å²) >= 11 is 0. The summed E-state index contributed by atoms with van der Waals surface area (Å²) in [6.45, 7) is 9.57. The third-order valence-corrected chi connectivity index (χ3v) is 4.18. The highest BCUT2D eigenvalue weighted by molar-refractivity contribution is 5.55. The Morgan fingerprint density at radius 1 is 0.889 bits per heavy atom. The number of nitrogens with zero attached hydrogens (tertiary/aromatic N) is 1. The Bertz CT molecular complexity index is 555. The maximum Gasteiger partial charge on any atom is 0.245 e. The Morgan fingerprint density at radius 2 is 1.33 bits per heavy atom. The van der Waals surface area contributed by atoms with Gasteiger partial charge in [-0.1, -0.05) is 60.7 Å². The van der Waals surface area contributed by atoms with E-state index in [2.05, 4.69) is 60.3 Å². The third kappa shape index (κ3) is 1.32. The van der Waals surface area contributed by atoms with Crippen LogP contribution in [0.2, 0.25) is 0 Å². The third-order valence-electron chi connectivity index (χ3n) is 4.18. The Kier molecular flexibility index (Phi) is 2.28. The molecule has 0 saturated heterocycles. The first-order chi connectivity index (χ1) is 8.73. The SMILES string of the molecule is [C-]#[N+]C1(C)CC1(c1ccccc1)c1ccccc1. The minimum absolute atomic E-state index is 0.114. The molecule has 0 radical (unpaired) electrons. The lowest BCUT2D eigenvalue weighted by Crippen LogP contribution is -2.19. The Morgan fingerprint density at radius 3 is 1.67 bits per heavy atom. The molecule has 1 atom stereocenters. The van der Waals surface area contributed by atoms with E-state index in [1.165, 1.54) is 11.1 Å². The molecular formula is C17H15N. The van der Waals surface area contributed by atoms with E-state index < -0.39 is 0 Å². The van der Waals surface area contributed by atoms with Crippen LogP contribution in [-0.2, 0) is 5.41 Å². The van der Waals surface area contributed by atoms with Gasteiger partial charge in [0.1, 0.15) is 5.41 Å². The molecule has 2 aromatic rings. The monoisotopic (exact) mass is 233 g/mol. The molecule has 0 aliphatic heterocycles. The summed E-state index contributed by atoms with van der Waals surface area (Å²) in [5, 5.41) is 0. The van der Waals surface area contributed by atoms with Gasteiger partial charge in [-0.25, -0.2) is 6.57 Å². The Hall–Kier alpha value is -2.07. The van der Waals surface area contributed by atoms with Crippen LogP contribution < -0.4 is 0 Å². The Balaban J connectivity index is 2.18. The molecule has 1 unspecified atom stereocenters. The van der Waals surface area contributed by atoms with Gasteiger partial charge in [0, 0.05) is 13.3 Å². The van der Waals surface area contributed by atoms with Crippen molar-refractivity contribution in [2.45, 2.75) is 24.3 Å². The standard InChI is InChI=1S/C17H15N/c1-16(18-2)13-17(16,14-9-5-3-6-10-14)15-11-7-4-8-12-15/h3-12H,13H2,1H3. The number of hydrogen-bond donors (Lipinski definition) is 0. The molecular weight excluding hydrogens is 218 g/mol. The smallest absolute Gasteiger partial charge is 0.245 e. The highest BCUT2D eigenvalue weighted by Crippen LogP contribution is 2.63. The molecule has 88 valence electrons. The number of benzene rings is 2. The topological polar surface area (TPSA) is 4.36 Å². The van der Waals surface area contributed by atoms with Gasteiger partial charge in [0.25, 0.3) is 0 Å². The van der Waals surface area contributed by atoms with E-state index in [0.717, 1.165) is 6.42 Å². The molecule has 0 heterocycles. The zero-order chi connectivity index (χ0) is 12.6. The van der Waals surface area contributed by atoms with Crippen molar-refractivity contribution in [1.82, 2.24) is 0 Å². The zero-order valence-corrected chi connectivity index (χ0v) is 10.4. The van der Waals surface area contributed by atoms with Crippen molar-refractivity contribution >= 4 is 0 Å². The van der Waals surface area contributed by atoms with Gasteiger partial charge in [0.15, 0.2) is 0 Å². The molecule has 1 heteroatoms. The van der Waals surface area contributed by atoms with Gasteiger partial charge < -0.3 is 4.85 Å². The second kappa shape index (κ2) is 3.71. The molecule has 0 amide bonds. The molecule has 1 aliphatic carbocycles. The lowest BCUT2D eigenvalue weighted by atomic mass is 9.84. The maximum absolute atomic E-state index is 7.50. The first-order valence-electron chi connectivity index (χ1n) is 6.23. The van der Waals surface area contributed by atoms with Crippen LogP contribution in [0.15, 0.2) is 60.7 Å². The number of hydrogen-bond acceptors (Lipinski definition) is 0. The summed E-state index contributed by atoms with van der Waals surface area (Å²) < 4.78 is 0. The van der Waals surface area contributed by atoms with Crippen LogP contribution in [0.5, 0.6) is 0 Å². The van der Waals surface area contributed by atoms with Crippen LogP contribution in [0.1, 0.15) is 24.5 Å². The fourth-order valence-electron chi connectivity index (χ4n) is 3.05. The van der Waals surface area contributed by atoms with Crippen molar-refractivity contribution in [2.24, 2.45) is 0 Å². The molecule has 0 bridgehead atoms. The average Bonchev–Trinajstić information content (AvgIpc) is 3.09. The predicted octanol–water partition coefficient (Wildman–Crippen LogP) is 4.05. The minimum atomic E-state index is -0.296. The Labute approximate surface area is 108 Å². The second-order valence-electron chi connectivity index (χ2n) is 5.20. The first-order valence-corrected chi connectivity index (χ1v) is 6.23. The van der Waals surface area contributed by atoms with Gasteiger partial charge >= 0.3 is 0 Å². The van der Waals surface area contributed by atoms with E-state index in [0.29, 0.717) is 0 Å². The molecule has 1 saturated carbocycles. The summed E-state index contributed by atoms with van der Waals surface area (Å²) in [6, 6.07) is 20.9. The highest BCUT2D eigenvalue weighted by Gasteiger charge is 2.73. The lowest BCUT2D eigenvalue weighted by molar-refractivity contribution is 0.721. The molecule has 1 fully saturated rings. The quantitative estimate of drug-likeness (QED) is 0.689. The molecule has 1 nitrogen and oxygen atoms in total. The average molecular weight is 233 g/mol. The summed E-state index contributed by atoms with van der Waals surface area (Å²) in [7, 11) is 0. The lowest BCUT2D eigenvalue weighted by Gasteiger charge is -2.17. The summed E-state index contributed by atoms with van der Waals surface area (Å²) in [6.07, 6.45) is 0.914. The van der Waals surface area contributed by atoms with Gasteiger partial charge in [-0.2, -0.15) is 0 Å². The highest BCUT2D eigenvalue weighted by atomic mass is 14.9. The van der Waals surface area contributed by atoms with Gasteiger partial charge in [-0.15, -0.1) is 0 Å². The van der Waals surface area contributed by atoms with Crippen molar-refractivity contribution in [3.63, 3.8) is 0 Å². The van der Waals surface area contributed by atoms with Gasteiger partial charge in [-0.05, 0) is 11.1 Å². The van der Waals surface area contributed by atoms with E-state index in [1.54, 1.807) is 0 Å². The molecule has 0 aromatic heterocycles. The fraction of sp³-hybridized carbons (Fsp3) is 0.235. The van der Waals surface area contributed by atoms with Crippen molar-refractivity contribution in [2.75, 3.05) is 0 Å². The zero-order valence-electron chi connectivity index (χ0n) is 10.4. The predicted molar refractivity (Wildman–Crippen MR) is 73.3 cm³/mol. The van der Waals surface area contributed by atoms with E-state index in [9.17, 15) is 0 Å². The van der Waals surface area contributed by atoms with Crippen molar-refractivity contribution in [3.05, 3.63) is 83.2 Å². The molecule has 1 aliphatic rings. The molecule has 0 N–H and O–H groups in total. The second-order valence-corrected chi connectivity index (χ2v) is 5.20. The van der Waals surface area contributed by atoms with Crippen LogP contribution in [0, 0.1) is 6.57 Å². The van der Waals surface area contributed by atoms with Gasteiger partial charge in [0.2, 0.25) is 5.54 Å². The van der Waals surface area contributed by atoms with Crippen LogP contribution in [-0.4, -0.2) is 5.54 Å². The summed E-state index contributed by atoms with van der Waals surface area (Å²) in [5.74, 6) is 0. The normalized spacial score (nSPS) is 24.2. The molecule has 0 spiro atoms. The van der Waals surface area contributed by atoms with Crippen LogP contribution >= 0.6 is 0 Å². The van der Waals surface area contributed by atoms with Crippen LogP contribution in [0.4, 0.5) is 0 Å². The summed E-state index contributed by atoms with van der Waals surface area (Å²) in [5.41, 5.74) is 2.11. The van der Waals surface area contributed by atoms with Crippen molar-refractivity contribution in [3.8, 4) is 0 Å². The minimum Gasteiger partial charge on any atom is -0.309 e. The molecule has 18 heavy (non-hydrogen) atoms. The van der Waals surface area contributed by atoms with E-state index in [1.807, 2.05) is 12.1 Å². The molecule has 3 rings (SSSR count). The van der Waals surface area contributed by atoms with Crippen molar-refractivity contribution < 1.29 is 0 Å². The van der Waals surface area contributed by atoms with E-state index in [4.69, 9.17) is 6.57 Å². The van der Waals surface area contributed by atoms with Gasteiger partial charge in [0.05, 0.1) is 0 Å². The maximum atomic E-state index is 7.50. The first kappa shape index (κ1) is 11.0. The number of rotatable bonds is 2. The fourth-order valence-corrected chi connectivity index (χ4v) is 3.05. The van der Waals surface area contributed by atoms with Crippen LogP contribution in [0.3, 0.4) is 0 Å². The van der Waals surface area contributed by atoms with Crippen molar-refractivity contribution in [1.29, 1.82) is 0 Å². The largest absolute Gasteiger partial charge is 0.309 e.